The molecule has 1 aliphatic heterocycles. The number of benzene rings is 2. The van der Waals surface area contributed by atoms with Crippen molar-refractivity contribution in [3.8, 4) is 11.8 Å². The van der Waals surface area contributed by atoms with Crippen LogP contribution in [0.25, 0.3) is 0 Å². The number of amides is 2. The van der Waals surface area contributed by atoms with Crippen molar-refractivity contribution in [2.45, 2.75) is 119 Å². The molecular weight excluding hydrogens is 635 g/mol. The van der Waals surface area contributed by atoms with Gasteiger partial charge < -0.3 is 25.1 Å². The molecule has 280 valence electrons. The highest BCUT2D eigenvalue weighted by atomic mass is 16.2. The van der Waals surface area contributed by atoms with Crippen LogP contribution in [0.4, 0.5) is 0 Å². The van der Waals surface area contributed by atoms with Gasteiger partial charge in [0.1, 0.15) is 12.1 Å². The number of aldehydes is 1. The number of ketones is 1. The summed E-state index contributed by atoms with van der Waals surface area (Å²) >= 11 is 0. The number of nitrogens with zero attached hydrogens (tertiary/aromatic N) is 1. The summed E-state index contributed by atoms with van der Waals surface area (Å²) in [6.07, 6.45) is 12.6. The molecular formula is C44H65N3O4. The number of Topliss-reactive ketones (excluding diaryl/α,β-unsaturated/α-hetero) is 1. The SMILES string of the molecule is C=C1C=CC(=O)N1CCCCCC=O.CC.CCc1ccccc1C#Cc1ccccc1C.CNC(CCCCNC(=O)CCC(C)=O)C(C)C. The molecule has 3 rings (SSSR count). The number of allylic oxidation sites excluding steroid dienone is 1. The molecule has 1 unspecified atom stereocenters. The zero-order valence-corrected chi connectivity index (χ0v) is 32.8. The van der Waals surface area contributed by atoms with Crippen molar-refractivity contribution in [1.29, 1.82) is 0 Å². The molecule has 0 saturated carbocycles. The van der Waals surface area contributed by atoms with Gasteiger partial charge in [0.05, 0.1) is 0 Å². The van der Waals surface area contributed by atoms with Crippen molar-refractivity contribution in [3.05, 3.63) is 95.2 Å². The molecule has 1 aliphatic rings. The third kappa shape index (κ3) is 21.5. The second-order valence-electron chi connectivity index (χ2n) is 12.6. The van der Waals surface area contributed by atoms with Gasteiger partial charge in [-0.15, -0.1) is 0 Å². The lowest BCUT2D eigenvalue weighted by molar-refractivity contribution is -0.124. The van der Waals surface area contributed by atoms with Crippen molar-refractivity contribution in [3.63, 3.8) is 0 Å². The highest BCUT2D eigenvalue weighted by Gasteiger charge is 2.17. The Morgan fingerprint density at radius 1 is 0.902 bits per heavy atom. The molecule has 0 radical (unpaired) electrons. The van der Waals surface area contributed by atoms with Crippen molar-refractivity contribution < 1.29 is 19.2 Å². The van der Waals surface area contributed by atoms with Gasteiger partial charge in [-0.25, -0.2) is 0 Å². The maximum atomic E-state index is 11.3. The number of rotatable bonds is 17. The Kier molecular flexibility index (Phi) is 27.0. The Balaban J connectivity index is 0.000000722. The average Bonchev–Trinajstić information content (AvgIpc) is 3.45. The van der Waals surface area contributed by atoms with Crippen molar-refractivity contribution >= 4 is 23.9 Å². The van der Waals surface area contributed by atoms with Crippen LogP contribution in [0.15, 0.2) is 73.0 Å². The third-order valence-corrected chi connectivity index (χ3v) is 8.25. The Bertz CT molecular complexity index is 1400. The van der Waals surface area contributed by atoms with Crippen LogP contribution < -0.4 is 10.6 Å². The molecule has 1 atom stereocenters. The molecule has 7 heteroatoms. The number of aryl methyl sites for hydroxylation is 2. The van der Waals surface area contributed by atoms with Gasteiger partial charge >= 0.3 is 0 Å². The number of nitrogens with one attached hydrogen (secondary N) is 2. The van der Waals surface area contributed by atoms with Crippen LogP contribution in [-0.2, 0) is 25.6 Å². The molecule has 2 aromatic rings. The van der Waals surface area contributed by atoms with Crippen LogP contribution in [0.3, 0.4) is 0 Å². The Morgan fingerprint density at radius 2 is 1.55 bits per heavy atom. The standard InChI is InChI=1S/C17H16.C14H28N2O2.C11H15NO2.C2H6/c1-3-15-9-6-7-11-17(15)13-12-16-10-5-4-8-14(16)2;1-11(2)13(15-4)7-5-6-10-16-14(18)9-8-12(3)17;1-10-6-7-11(14)12(10)8-4-2-3-5-9-13;1-2/h4-11H,3H2,1-2H3;11,13,15H,5-10H2,1-4H3,(H,16,18);6-7,9H,1-5,8H2;1-2H3. The molecule has 0 aliphatic carbocycles. The summed E-state index contributed by atoms with van der Waals surface area (Å²) in [4.78, 5) is 45.0. The van der Waals surface area contributed by atoms with Crippen LogP contribution in [0.5, 0.6) is 0 Å². The van der Waals surface area contributed by atoms with E-state index in [9.17, 15) is 19.2 Å². The van der Waals surface area contributed by atoms with E-state index in [1.807, 2.05) is 39.1 Å². The average molecular weight is 700 g/mol. The zero-order valence-electron chi connectivity index (χ0n) is 32.8. The Morgan fingerprint density at radius 3 is 2.12 bits per heavy atom. The van der Waals surface area contributed by atoms with Crippen LogP contribution in [0.2, 0.25) is 0 Å². The van der Waals surface area contributed by atoms with Gasteiger partial charge in [-0.1, -0.05) is 102 Å². The van der Waals surface area contributed by atoms with Crippen molar-refractivity contribution in [2.24, 2.45) is 5.92 Å². The minimum atomic E-state index is -0.0146. The molecule has 1 heterocycles. The summed E-state index contributed by atoms with van der Waals surface area (Å²) in [5.41, 5.74) is 5.56. The molecule has 0 bridgehead atoms. The van der Waals surface area contributed by atoms with E-state index in [2.05, 4.69) is 87.1 Å². The van der Waals surface area contributed by atoms with Gasteiger partial charge in [0, 0.05) is 61.3 Å². The lowest BCUT2D eigenvalue weighted by atomic mass is 9.98. The summed E-state index contributed by atoms with van der Waals surface area (Å²) in [5.74, 6) is 7.24. The quantitative estimate of drug-likeness (QED) is 0.0981. The van der Waals surface area contributed by atoms with Gasteiger partial charge in [0.2, 0.25) is 5.91 Å². The first-order valence-corrected chi connectivity index (χ1v) is 18.7. The summed E-state index contributed by atoms with van der Waals surface area (Å²) in [6.45, 7) is 19.4. The number of hydrogen-bond acceptors (Lipinski definition) is 5. The predicted molar refractivity (Wildman–Crippen MR) is 213 cm³/mol. The van der Waals surface area contributed by atoms with Gasteiger partial charge in [-0.3, -0.25) is 9.59 Å². The minimum absolute atomic E-state index is 0.0146. The fourth-order valence-electron chi connectivity index (χ4n) is 5.12. The summed E-state index contributed by atoms with van der Waals surface area (Å²) in [7, 11) is 1.99. The first-order valence-electron chi connectivity index (χ1n) is 18.7. The van der Waals surface area contributed by atoms with Gasteiger partial charge in [-0.2, -0.15) is 0 Å². The topological polar surface area (TPSA) is 95.6 Å². The minimum Gasteiger partial charge on any atom is -0.356 e. The van der Waals surface area contributed by atoms with E-state index < -0.39 is 0 Å². The predicted octanol–water partition coefficient (Wildman–Crippen LogP) is 8.53. The van der Waals surface area contributed by atoms with E-state index in [-0.39, 0.29) is 17.6 Å². The molecule has 0 spiro atoms. The first kappa shape index (κ1) is 46.7. The maximum Gasteiger partial charge on any atom is 0.251 e. The lowest BCUT2D eigenvalue weighted by Gasteiger charge is -2.19. The number of carbonyl (C=O) groups is 4. The van der Waals surface area contributed by atoms with E-state index in [1.165, 1.54) is 24.1 Å². The molecule has 7 nitrogen and oxygen atoms in total. The second-order valence-corrected chi connectivity index (χ2v) is 12.6. The van der Waals surface area contributed by atoms with E-state index in [1.54, 1.807) is 11.0 Å². The van der Waals surface area contributed by atoms with Crippen LogP contribution in [0, 0.1) is 24.7 Å². The van der Waals surface area contributed by atoms with Gasteiger partial charge in [0.25, 0.3) is 5.91 Å². The molecule has 51 heavy (non-hydrogen) atoms. The monoisotopic (exact) mass is 699 g/mol. The van der Waals surface area contributed by atoms with Crippen LogP contribution in [0.1, 0.15) is 122 Å². The number of unbranched alkanes of at least 4 members (excludes halogenated alkanes) is 4. The van der Waals surface area contributed by atoms with Gasteiger partial charge in [-0.05, 0) is 88.3 Å². The van der Waals surface area contributed by atoms with Gasteiger partial charge in [0.15, 0.2) is 0 Å². The number of hydrogen-bond donors (Lipinski definition) is 2. The fraction of sp³-hybridized carbons (Fsp3) is 0.500. The van der Waals surface area contributed by atoms with Crippen LogP contribution in [-0.4, -0.2) is 55.0 Å². The molecule has 0 saturated heterocycles. The second kappa shape index (κ2) is 29.5. The summed E-state index contributed by atoms with van der Waals surface area (Å²) < 4.78 is 0. The van der Waals surface area contributed by atoms with E-state index in [0.29, 0.717) is 44.3 Å². The van der Waals surface area contributed by atoms with E-state index >= 15 is 0 Å². The zero-order chi connectivity index (χ0) is 38.4. The first-order chi connectivity index (χ1) is 24.5. The fourth-order valence-corrected chi connectivity index (χ4v) is 5.12. The third-order valence-electron chi connectivity index (χ3n) is 8.25. The number of carbonyl (C=O) groups excluding carboxylic acids is 4. The molecule has 0 fully saturated rings. The maximum absolute atomic E-state index is 11.3. The Labute approximate surface area is 309 Å². The highest BCUT2D eigenvalue weighted by Crippen LogP contribution is 2.14. The normalized spacial score (nSPS) is 11.9. The smallest absolute Gasteiger partial charge is 0.251 e. The highest BCUT2D eigenvalue weighted by molar-refractivity contribution is 5.93. The largest absolute Gasteiger partial charge is 0.356 e. The lowest BCUT2D eigenvalue weighted by Crippen LogP contribution is -2.31. The van der Waals surface area contributed by atoms with Crippen molar-refractivity contribution in [1.82, 2.24) is 15.5 Å². The van der Waals surface area contributed by atoms with Crippen LogP contribution >= 0.6 is 0 Å². The van der Waals surface area contributed by atoms with E-state index in [4.69, 9.17) is 0 Å². The van der Waals surface area contributed by atoms with Crippen molar-refractivity contribution in [2.75, 3.05) is 20.1 Å². The summed E-state index contributed by atoms with van der Waals surface area (Å²) in [6, 6.07) is 17.1. The molecule has 0 aromatic heterocycles. The Hall–Kier alpha value is -4.28. The van der Waals surface area contributed by atoms with E-state index in [0.717, 1.165) is 68.1 Å². The molecule has 2 N–H and O–H groups in total. The molecule has 2 aromatic carbocycles. The summed E-state index contributed by atoms with van der Waals surface area (Å²) in [5, 5.41) is 6.16. The molecule has 2 amide bonds.